The maximum Gasteiger partial charge on any atom is 0.174 e. The minimum Gasteiger partial charge on any atom is -0.409 e. The van der Waals surface area contributed by atoms with E-state index in [0.29, 0.717) is 5.56 Å². The summed E-state index contributed by atoms with van der Waals surface area (Å²) in [5, 5.41) is 11.5. The molecule has 2 rings (SSSR count). The fraction of sp³-hybridized carbons (Fsp3) is 0.182. The summed E-state index contributed by atoms with van der Waals surface area (Å²) < 4.78 is 5.15. The molecule has 18 heavy (non-hydrogen) atoms. The minimum atomic E-state index is 0.107. The van der Waals surface area contributed by atoms with Gasteiger partial charge in [-0.3, -0.25) is 0 Å². The summed E-state index contributed by atoms with van der Waals surface area (Å²) in [6, 6.07) is 7.43. The van der Waals surface area contributed by atoms with Gasteiger partial charge in [-0.2, -0.15) is 4.37 Å². The second-order valence-corrected chi connectivity index (χ2v) is 5.51. The zero-order chi connectivity index (χ0) is 13.0. The highest BCUT2D eigenvalue weighted by atomic mass is 32.2. The summed E-state index contributed by atoms with van der Waals surface area (Å²) in [6.07, 6.45) is 0.847. The van der Waals surface area contributed by atoms with Crippen molar-refractivity contribution in [2.24, 2.45) is 10.9 Å². The van der Waals surface area contributed by atoms with Crippen molar-refractivity contribution in [3.63, 3.8) is 0 Å². The van der Waals surface area contributed by atoms with E-state index in [4.69, 9.17) is 10.9 Å². The van der Waals surface area contributed by atoms with Crippen LogP contribution in [-0.2, 0) is 6.42 Å². The molecule has 0 amide bonds. The number of nitrogens with zero attached hydrogens (tertiary/aromatic N) is 3. The van der Waals surface area contributed by atoms with Gasteiger partial charge in [0.25, 0.3) is 0 Å². The van der Waals surface area contributed by atoms with Crippen molar-refractivity contribution in [2.75, 3.05) is 0 Å². The summed E-state index contributed by atoms with van der Waals surface area (Å²) in [5.74, 6) is 0.978. The quantitative estimate of drug-likeness (QED) is 0.389. The molecule has 0 saturated heterocycles. The Balaban J connectivity index is 2.10. The second kappa shape index (κ2) is 5.83. The van der Waals surface area contributed by atoms with Gasteiger partial charge in [0.1, 0.15) is 5.82 Å². The van der Waals surface area contributed by atoms with E-state index in [-0.39, 0.29) is 5.84 Å². The van der Waals surface area contributed by atoms with E-state index < -0.39 is 0 Å². The number of hydrogen-bond donors (Lipinski definition) is 2. The zero-order valence-electron chi connectivity index (χ0n) is 9.70. The Morgan fingerprint density at radius 3 is 2.72 bits per heavy atom. The number of aromatic nitrogens is 2. The molecule has 2 aromatic rings. The van der Waals surface area contributed by atoms with Crippen molar-refractivity contribution in [2.45, 2.75) is 22.6 Å². The second-order valence-electron chi connectivity index (χ2n) is 3.44. The van der Waals surface area contributed by atoms with Crippen molar-refractivity contribution in [1.29, 1.82) is 0 Å². The van der Waals surface area contributed by atoms with E-state index in [9.17, 15) is 0 Å². The summed E-state index contributed by atoms with van der Waals surface area (Å²) in [5.41, 5.74) is 6.18. The summed E-state index contributed by atoms with van der Waals surface area (Å²) in [6.45, 7) is 2.03. The van der Waals surface area contributed by atoms with Crippen LogP contribution >= 0.6 is 23.3 Å². The Kier molecular flexibility index (Phi) is 4.16. The van der Waals surface area contributed by atoms with Crippen LogP contribution < -0.4 is 5.73 Å². The predicted molar refractivity (Wildman–Crippen MR) is 72.4 cm³/mol. The van der Waals surface area contributed by atoms with Crippen LogP contribution in [0.15, 0.2) is 38.7 Å². The van der Waals surface area contributed by atoms with Gasteiger partial charge in [0, 0.05) is 16.9 Å². The monoisotopic (exact) mass is 280 g/mol. The molecule has 94 valence electrons. The number of rotatable bonds is 4. The average Bonchev–Trinajstić information content (AvgIpc) is 2.86. The minimum absolute atomic E-state index is 0.107. The lowest BCUT2D eigenvalue weighted by atomic mass is 10.2. The van der Waals surface area contributed by atoms with Gasteiger partial charge >= 0.3 is 0 Å². The van der Waals surface area contributed by atoms with Crippen molar-refractivity contribution >= 4 is 29.1 Å². The Labute approximate surface area is 113 Å². The summed E-state index contributed by atoms with van der Waals surface area (Å²) >= 11 is 2.95. The number of amidine groups is 1. The molecular formula is C11H12N4OS2. The summed E-state index contributed by atoms with van der Waals surface area (Å²) in [4.78, 5) is 5.42. The molecule has 1 heterocycles. The molecule has 0 aliphatic rings. The van der Waals surface area contributed by atoms with Gasteiger partial charge in [0.05, 0.1) is 0 Å². The highest BCUT2D eigenvalue weighted by molar-refractivity contribution is 8.01. The van der Waals surface area contributed by atoms with Crippen LogP contribution in [0.1, 0.15) is 18.3 Å². The Morgan fingerprint density at radius 1 is 1.44 bits per heavy atom. The third-order valence-corrected chi connectivity index (χ3v) is 4.03. The van der Waals surface area contributed by atoms with Gasteiger partial charge in [0.15, 0.2) is 10.2 Å². The number of benzene rings is 1. The van der Waals surface area contributed by atoms with Gasteiger partial charge < -0.3 is 10.9 Å². The molecule has 3 N–H and O–H groups in total. The molecule has 0 spiro atoms. The van der Waals surface area contributed by atoms with E-state index >= 15 is 0 Å². The number of nitrogens with two attached hydrogens (primary N) is 1. The maximum absolute atomic E-state index is 8.56. The largest absolute Gasteiger partial charge is 0.409 e. The van der Waals surface area contributed by atoms with Gasteiger partial charge in [-0.1, -0.05) is 36.0 Å². The molecule has 0 bridgehead atoms. The van der Waals surface area contributed by atoms with Crippen molar-refractivity contribution in [1.82, 2.24) is 9.36 Å². The van der Waals surface area contributed by atoms with Crippen LogP contribution in [0.3, 0.4) is 0 Å². The SMILES string of the molecule is CCc1nsc(Sc2ccc(C(N)=NO)cc2)n1. The van der Waals surface area contributed by atoms with Crippen molar-refractivity contribution in [3.8, 4) is 0 Å². The first-order chi connectivity index (χ1) is 8.72. The molecular weight excluding hydrogens is 268 g/mol. The third kappa shape index (κ3) is 2.99. The van der Waals surface area contributed by atoms with E-state index in [1.165, 1.54) is 11.5 Å². The number of oxime groups is 1. The third-order valence-electron chi connectivity index (χ3n) is 2.23. The van der Waals surface area contributed by atoms with Crippen LogP contribution in [0.5, 0.6) is 0 Å². The molecule has 0 aliphatic heterocycles. The summed E-state index contributed by atoms with van der Waals surface area (Å²) in [7, 11) is 0. The van der Waals surface area contributed by atoms with Crippen molar-refractivity contribution < 1.29 is 5.21 Å². The van der Waals surface area contributed by atoms with E-state index in [0.717, 1.165) is 21.5 Å². The average molecular weight is 280 g/mol. The topological polar surface area (TPSA) is 84.4 Å². The number of aryl methyl sites for hydroxylation is 1. The lowest BCUT2D eigenvalue weighted by Gasteiger charge is -2.00. The molecule has 0 fully saturated rings. The first-order valence-electron chi connectivity index (χ1n) is 5.31. The fourth-order valence-corrected chi connectivity index (χ4v) is 2.95. The molecule has 1 aromatic heterocycles. The van der Waals surface area contributed by atoms with Gasteiger partial charge in [-0.25, -0.2) is 4.98 Å². The number of hydrogen-bond acceptors (Lipinski definition) is 6. The standard InChI is InChI=1S/C11H12N4OS2/c1-2-9-13-11(18-15-9)17-8-5-3-7(4-6-8)10(12)14-16/h3-6,16H,2H2,1H3,(H2,12,14). The first-order valence-corrected chi connectivity index (χ1v) is 6.90. The smallest absolute Gasteiger partial charge is 0.174 e. The molecule has 1 aromatic carbocycles. The van der Waals surface area contributed by atoms with Crippen LogP contribution in [0.2, 0.25) is 0 Å². The van der Waals surface area contributed by atoms with Gasteiger partial charge in [-0.05, 0) is 23.7 Å². The van der Waals surface area contributed by atoms with E-state index in [2.05, 4.69) is 14.5 Å². The van der Waals surface area contributed by atoms with Crippen LogP contribution in [0.25, 0.3) is 0 Å². The van der Waals surface area contributed by atoms with Gasteiger partial charge in [0.2, 0.25) is 0 Å². The Morgan fingerprint density at radius 2 is 2.17 bits per heavy atom. The van der Waals surface area contributed by atoms with Crippen LogP contribution in [-0.4, -0.2) is 20.4 Å². The first kappa shape index (κ1) is 12.8. The molecule has 5 nitrogen and oxygen atoms in total. The van der Waals surface area contributed by atoms with Crippen molar-refractivity contribution in [3.05, 3.63) is 35.7 Å². The maximum atomic E-state index is 8.56. The van der Waals surface area contributed by atoms with Gasteiger partial charge in [-0.15, -0.1) is 0 Å². The fourth-order valence-electron chi connectivity index (χ4n) is 1.28. The van der Waals surface area contributed by atoms with E-state index in [1.807, 2.05) is 19.1 Å². The van der Waals surface area contributed by atoms with Crippen LogP contribution in [0, 0.1) is 0 Å². The van der Waals surface area contributed by atoms with E-state index in [1.54, 1.807) is 23.9 Å². The molecule has 0 saturated carbocycles. The Bertz CT molecular complexity index is 550. The molecule has 7 heteroatoms. The molecule has 0 unspecified atom stereocenters. The molecule has 0 radical (unpaired) electrons. The highest BCUT2D eigenvalue weighted by Gasteiger charge is 2.05. The lowest BCUT2D eigenvalue weighted by Crippen LogP contribution is -2.12. The normalized spacial score (nSPS) is 11.7. The Hall–Kier alpha value is -1.60. The highest BCUT2D eigenvalue weighted by Crippen LogP contribution is 2.29. The lowest BCUT2D eigenvalue weighted by molar-refractivity contribution is 0.318. The predicted octanol–water partition coefficient (Wildman–Crippen LogP) is 2.35. The van der Waals surface area contributed by atoms with Crippen LogP contribution in [0.4, 0.5) is 0 Å². The molecule has 0 aliphatic carbocycles. The molecule has 0 atom stereocenters. The zero-order valence-corrected chi connectivity index (χ0v) is 11.3.